The van der Waals surface area contributed by atoms with Crippen LogP contribution >= 0.6 is 11.3 Å². The highest BCUT2D eigenvalue weighted by molar-refractivity contribution is 7.07. The molecule has 1 N–H and O–H groups in total. The number of methoxy groups -OCH3 is 2. The zero-order chi connectivity index (χ0) is 30.6. The Morgan fingerprint density at radius 1 is 1.07 bits per heavy atom. The van der Waals surface area contributed by atoms with E-state index in [1.807, 2.05) is 13.8 Å². The summed E-state index contributed by atoms with van der Waals surface area (Å²) >= 11 is 1.18. The Balaban J connectivity index is 1.87. The van der Waals surface area contributed by atoms with E-state index in [9.17, 15) is 14.4 Å². The van der Waals surface area contributed by atoms with Crippen molar-refractivity contribution in [3.8, 4) is 23.0 Å². The summed E-state index contributed by atoms with van der Waals surface area (Å²) in [7, 11) is 2.96. The normalized spacial score (nSPS) is 14.7. The first-order valence-electron chi connectivity index (χ1n) is 13.1. The van der Waals surface area contributed by atoms with Gasteiger partial charge in [-0.05, 0) is 69.2 Å². The summed E-state index contributed by atoms with van der Waals surface area (Å²) < 4.78 is 29.3. The quantitative estimate of drug-likeness (QED) is 0.332. The van der Waals surface area contributed by atoms with E-state index in [2.05, 4.69) is 4.99 Å². The van der Waals surface area contributed by atoms with Gasteiger partial charge in [0.15, 0.2) is 34.4 Å². The van der Waals surface area contributed by atoms with Crippen molar-refractivity contribution in [2.24, 2.45) is 4.99 Å². The van der Waals surface area contributed by atoms with E-state index >= 15 is 0 Å². The zero-order valence-corrected chi connectivity index (χ0v) is 24.9. The highest BCUT2D eigenvalue weighted by atomic mass is 32.1. The molecule has 12 heteroatoms. The molecule has 0 amide bonds. The van der Waals surface area contributed by atoms with Crippen LogP contribution in [0.3, 0.4) is 0 Å². The number of carbonyl (C=O) groups is 2. The summed E-state index contributed by atoms with van der Waals surface area (Å²) in [4.78, 5) is 43.0. The van der Waals surface area contributed by atoms with Gasteiger partial charge in [-0.25, -0.2) is 14.6 Å². The molecule has 1 aromatic heterocycles. The molecule has 0 saturated carbocycles. The number of thiazole rings is 1. The fourth-order valence-corrected chi connectivity index (χ4v) is 5.54. The Labute approximate surface area is 245 Å². The van der Waals surface area contributed by atoms with Crippen molar-refractivity contribution in [1.29, 1.82) is 0 Å². The first-order chi connectivity index (χ1) is 20.1. The van der Waals surface area contributed by atoms with E-state index in [-0.39, 0.29) is 29.6 Å². The van der Waals surface area contributed by atoms with Crippen LogP contribution in [-0.2, 0) is 14.3 Å². The Morgan fingerprint density at radius 2 is 1.76 bits per heavy atom. The minimum absolute atomic E-state index is 0.0870. The average Bonchev–Trinajstić information content (AvgIpc) is 3.25. The topological polar surface area (TPSA) is 135 Å². The molecule has 0 bridgehead atoms. The molecule has 0 radical (unpaired) electrons. The number of benzene rings is 2. The summed E-state index contributed by atoms with van der Waals surface area (Å²) in [5.74, 6) is -0.126. The molecule has 0 fully saturated rings. The Hall–Kier alpha value is -4.58. The molecule has 1 aliphatic rings. The molecule has 0 unspecified atom stereocenters. The van der Waals surface area contributed by atoms with Crippen molar-refractivity contribution in [3.05, 3.63) is 78.5 Å². The molecule has 42 heavy (non-hydrogen) atoms. The SMILES string of the molecule is CCOC(=O)C1=C(C)N=c2s/c(=C\c3ccc(OCC(=O)O)c(OC)c3)c(=O)n2[C@H]1c1ccc(OC(C)C)c(OC)c1. The van der Waals surface area contributed by atoms with Crippen LogP contribution < -0.4 is 33.8 Å². The van der Waals surface area contributed by atoms with E-state index in [0.29, 0.717) is 43.4 Å². The number of hydrogen-bond acceptors (Lipinski definition) is 10. The molecule has 3 aromatic rings. The number of carboxylic acid groups (broad SMARTS) is 1. The van der Waals surface area contributed by atoms with Crippen LogP contribution in [0.15, 0.2) is 57.5 Å². The maximum atomic E-state index is 13.9. The first kappa shape index (κ1) is 30.4. The number of fused-ring (bicyclic) bond motifs is 1. The van der Waals surface area contributed by atoms with E-state index < -0.39 is 24.6 Å². The van der Waals surface area contributed by atoms with E-state index in [4.69, 9.17) is 28.8 Å². The van der Waals surface area contributed by atoms with Crippen LogP contribution in [0.2, 0.25) is 0 Å². The molecular weight excluding hydrogens is 564 g/mol. The number of allylic oxidation sites excluding steroid dienone is 1. The van der Waals surface area contributed by atoms with E-state index in [0.717, 1.165) is 0 Å². The van der Waals surface area contributed by atoms with E-state index in [1.165, 1.54) is 30.1 Å². The van der Waals surface area contributed by atoms with Crippen molar-refractivity contribution in [2.75, 3.05) is 27.4 Å². The maximum Gasteiger partial charge on any atom is 0.341 e. The second kappa shape index (κ2) is 12.9. The van der Waals surface area contributed by atoms with Crippen LogP contribution in [0.5, 0.6) is 23.0 Å². The molecule has 2 heterocycles. The van der Waals surface area contributed by atoms with E-state index in [1.54, 1.807) is 56.3 Å². The minimum atomic E-state index is -1.12. The number of ether oxygens (including phenoxy) is 5. The van der Waals surface area contributed by atoms with Gasteiger partial charge in [-0.1, -0.05) is 23.5 Å². The molecule has 1 atom stereocenters. The molecule has 0 aliphatic carbocycles. The van der Waals surface area contributed by atoms with Gasteiger partial charge in [0, 0.05) is 0 Å². The van der Waals surface area contributed by atoms with Crippen molar-refractivity contribution in [3.63, 3.8) is 0 Å². The lowest BCUT2D eigenvalue weighted by atomic mass is 9.95. The minimum Gasteiger partial charge on any atom is -0.493 e. The van der Waals surface area contributed by atoms with Gasteiger partial charge in [0.2, 0.25) is 0 Å². The Bertz CT molecular complexity index is 1720. The molecule has 0 spiro atoms. The maximum absolute atomic E-state index is 13.9. The van der Waals surface area contributed by atoms with Gasteiger partial charge in [-0.15, -0.1) is 0 Å². The van der Waals surface area contributed by atoms with Gasteiger partial charge in [0.25, 0.3) is 5.56 Å². The monoisotopic (exact) mass is 596 g/mol. The fourth-order valence-electron chi connectivity index (χ4n) is 4.50. The van der Waals surface area contributed by atoms with Gasteiger partial charge in [0.05, 0.1) is 48.8 Å². The molecule has 11 nitrogen and oxygen atoms in total. The Kier molecular flexibility index (Phi) is 9.36. The number of hydrogen-bond donors (Lipinski definition) is 1. The van der Waals surface area contributed by atoms with Gasteiger partial charge in [0.1, 0.15) is 0 Å². The summed E-state index contributed by atoms with van der Waals surface area (Å²) in [6, 6.07) is 9.36. The molecule has 4 rings (SSSR count). The third-order valence-electron chi connectivity index (χ3n) is 6.22. The number of aromatic nitrogens is 1. The summed E-state index contributed by atoms with van der Waals surface area (Å²) in [5, 5.41) is 8.92. The number of carbonyl (C=O) groups excluding carboxylic acids is 1. The number of aliphatic carboxylic acids is 1. The van der Waals surface area contributed by atoms with Crippen LogP contribution in [-0.4, -0.2) is 55.1 Å². The third-order valence-corrected chi connectivity index (χ3v) is 7.20. The van der Waals surface area contributed by atoms with Gasteiger partial charge >= 0.3 is 11.9 Å². The molecule has 0 saturated heterocycles. The standard InChI is InChI=1S/C30H32N2O9S/c1-7-39-29(36)26-17(4)31-30-32(27(26)19-9-11-21(41-16(2)3)23(14-19)38-6)28(35)24(42-30)13-18-8-10-20(22(12-18)37-5)40-15-25(33)34/h8-14,16,27H,7,15H2,1-6H3,(H,33,34)/b24-13-/t27-/m0/s1. The lowest BCUT2D eigenvalue weighted by molar-refractivity contribution is -0.140. The predicted octanol–water partition coefficient (Wildman–Crippen LogP) is 3.07. The number of nitrogens with zero attached hydrogens (tertiary/aromatic N) is 2. The predicted molar refractivity (Wildman–Crippen MR) is 155 cm³/mol. The molecular formula is C30H32N2O9S. The number of rotatable bonds is 11. The highest BCUT2D eigenvalue weighted by Gasteiger charge is 2.34. The molecule has 1 aliphatic heterocycles. The second-order valence-electron chi connectivity index (χ2n) is 9.47. The number of carboxylic acids is 1. The van der Waals surface area contributed by atoms with Crippen LogP contribution in [0, 0.1) is 0 Å². The first-order valence-corrected chi connectivity index (χ1v) is 14.0. The lowest BCUT2D eigenvalue weighted by Gasteiger charge is -2.25. The molecule has 222 valence electrons. The van der Waals surface area contributed by atoms with Crippen molar-refractivity contribution < 1.29 is 38.4 Å². The number of esters is 1. The summed E-state index contributed by atoms with van der Waals surface area (Å²) in [6.07, 6.45) is 1.59. The smallest absolute Gasteiger partial charge is 0.341 e. The summed E-state index contributed by atoms with van der Waals surface area (Å²) in [5.41, 5.74) is 1.57. The Morgan fingerprint density at radius 3 is 2.40 bits per heavy atom. The van der Waals surface area contributed by atoms with Crippen LogP contribution in [0.25, 0.3) is 6.08 Å². The lowest BCUT2D eigenvalue weighted by Crippen LogP contribution is -2.40. The summed E-state index contributed by atoms with van der Waals surface area (Å²) in [6.45, 7) is 6.87. The van der Waals surface area contributed by atoms with Crippen LogP contribution in [0.4, 0.5) is 0 Å². The highest BCUT2D eigenvalue weighted by Crippen LogP contribution is 2.36. The van der Waals surface area contributed by atoms with Crippen molar-refractivity contribution in [2.45, 2.75) is 39.8 Å². The van der Waals surface area contributed by atoms with Gasteiger partial charge in [-0.3, -0.25) is 9.36 Å². The fraction of sp³-hybridized carbons (Fsp3) is 0.333. The van der Waals surface area contributed by atoms with Gasteiger partial charge in [-0.2, -0.15) is 0 Å². The largest absolute Gasteiger partial charge is 0.493 e. The van der Waals surface area contributed by atoms with Crippen LogP contribution in [0.1, 0.15) is 44.9 Å². The third kappa shape index (κ3) is 6.33. The van der Waals surface area contributed by atoms with Gasteiger partial charge < -0.3 is 28.8 Å². The second-order valence-corrected chi connectivity index (χ2v) is 10.5. The van der Waals surface area contributed by atoms with Crippen molar-refractivity contribution in [1.82, 2.24) is 4.57 Å². The average molecular weight is 597 g/mol. The zero-order valence-electron chi connectivity index (χ0n) is 24.1. The van der Waals surface area contributed by atoms with Crippen molar-refractivity contribution >= 4 is 29.4 Å². The molecule has 2 aromatic carbocycles.